The van der Waals surface area contributed by atoms with Crippen molar-refractivity contribution in [2.75, 3.05) is 19.6 Å². The summed E-state index contributed by atoms with van der Waals surface area (Å²) >= 11 is 6.21. The molecule has 2 bridgehead atoms. The molecule has 220 valence electrons. The highest BCUT2D eigenvalue weighted by atomic mass is 35.5. The summed E-state index contributed by atoms with van der Waals surface area (Å²) in [4.78, 5) is 44.0. The van der Waals surface area contributed by atoms with E-state index in [2.05, 4.69) is 53.2 Å². The van der Waals surface area contributed by atoms with E-state index in [-0.39, 0.29) is 24.1 Å². The molecular weight excluding hydrogens is 548 g/mol. The zero-order chi connectivity index (χ0) is 29.2. The van der Waals surface area contributed by atoms with E-state index in [1.807, 2.05) is 18.2 Å². The van der Waals surface area contributed by atoms with E-state index in [9.17, 15) is 14.4 Å². The summed E-state index contributed by atoms with van der Waals surface area (Å²) in [7, 11) is 0. The Morgan fingerprint density at radius 3 is 2.40 bits per heavy atom. The first kappa shape index (κ1) is 27.8. The molecule has 3 fully saturated rings. The van der Waals surface area contributed by atoms with Crippen LogP contribution in [0.15, 0.2) is 48.0 Å². The molecule has 0 radical (unpaired) electrons. The summed E-state index contributed by atoms with van der Waals surface area (Å²) in [6.45, 7) is 9.29. The molecule has 3 amide bonds. The van der Waals surface area contributed by atoms with Crippen LogP contribution in [-0.2, 0) is 22.7 Å². The lowest BCUT2D eigenvalue weighted by atomic mass is 9.72. The molecule has 5 aliphatic rings. The number of halogens is 1. The second-order valence-electron chi connectivity index (χ2n) is 13.7. The number of carbonyl (C=O) groups is 3. The number of piperazine rings is 1. The standard InChI is InChI=1S/C34H39ClN4O3/c1-34(2)12-11-23(29(15-34)22-4-6-25(35)7-5-22)17-38-20-26-14-27(38)19-37(26)16-21-3-8-28-24(13-21)18-39(33(28)42)30-9-10-31(40)36-32(30)41/h3-8,13,26-27,30H,9-12,14-20H2,1-2H3,(H,36,40,41)/t26-,27-,30?/m1/s1. The van der Waals surface area contributed by atoms with E-state index in [1.54, 1.807) is 10.5 Å². The number of likely N-dealkylation sites (tertiary alicyclic amines) is 2. The first-order valence-corrected chi connectivity index (χ1v) is 15.7. The lowest BCUT2D eigenvalue weighted by Gasteiger charge is -2.38. The SMILES string of the molecule is CC1(C)CCC(CN2C[C@H]3C[C@@H]2CN3Cc2ccc3c(c2)CN(C2CCC(=O)NC2=O)C3=O)=C(c2ccc(Cl)cc2)C1. The Balaban J connectivity index is 1.01. The van der Waals surface area contributed by atoms with E-state index in [4.69, 9.17) is 11.6 Å². The van der Waals surface area contributed by atoms with Crippen LogP contribution in [0.4, 0.5) is 0 Å². The van der Waals surface area contributed by atoms with Crippen LogP contribution in [0.25, 0.3) is 5.57 Å². The number of nitrogens with zero attached hydrogens (tertiary/aromatic N) is 3. The number of rotatable bonds is 6. The largest absolute Gasteiger partial charge is 0.322 e. The molecule has 1 N–H and O–H groups in total. The molecule has 3 saturated heterocycles. The van der Waals surface area contributed by atoms with Gasteiger partial charge in [0, 0.05) is 61.8 Å². The fraction of sp³-hybridized carbons (Fsp3) is 0.500. The minimum atomic E-state index is -0.572. The molecule has 2 aromatic carbocycles. The Labute approximate surface area is 252 Å². The molecular formula is C34H39ClN4O3. The van der Waals surface area contributed by atoms with Gasteiger partial charge >= 0.3 is 0 Å². The van der Waals surface area contributed by atoms with Crippen molar-refractivity contribution in [3.05, 3.63) is 75.3 Å². The lowest BCUT2D eigenvalue weighted by Crippen LogP contribution is -2.52. The van der Waals surface area contributed by atoms with Gasteiger partial charge in [0.1, 0.15) is 6.04 Å². The smallest absolute Gasteiger partial charge is 0.255 e. The Kier molecular flexibility index (Phi) is 7.03. The fourth-order valence-corrected chi connectivity index (χ4v) is 8.01. The summed E-state index contributed by atoms with van der Waals surface area (Å²) in [6.07, 6.45) is 5.37. The average Bonchev–Trinajstić information content (AvgIpc) is 3.62. The molecule has 8 heteroatoms. The van der Waals surface area contributed by atoms with Crippen molar-refractivity contribution in [3.63, 3.8) is 0 Å². The highest BCUT2D eigenvalue weighted by molar-refractivity contribution is 6.30. The van der Waals surface area contributed by atoms with Crippen LogP contribution in [0.5, 0.6) is 0 Å². The molecule has 7 nitrogen and oxygen atoms in total. The van der Waals surface area contributed by atoms with Crippen LogP contribution < -0.4 is 5.32 Å². The molecule has 0 aromatic heterocycles. The van der Waals surface area contributed by atoms with Gasteiger partial charge in [-0.1, -0.05) is 55.3 Å². The quantitative estimate of drug-likeness (QED) is 0.481. The normalized spacial score (nSPS) is 27.6. The van der Waals surface area contributed by atoms with Gasteiger partial charge in [-0.05, 0) is 78.0 Å². The number of benzene rings is 2. The first-order chi connectivity index (χ1) is 20.1. The van der Waals surface area contributed by atoms with E-state index in [0.717, 1.165) is 49.6 Å². The van der Waals surface area contributed by atoms with E-state index in [1.165, 1.54) is 29.5 Å². The number of imide groups is 1. The zero-order valence-corrected chi connectivity index (χ0v) is 25.3. The molecule has 2 aromatic rings. The molecule has 3 atom stereocenters. The van der Waals surface area contributed by atoms with Crippen LogP contribution in [0.2, 0.25) is 5.02 Å². The predicted molar refractivity (Wildman–Crippen MR) is 163 cm³/mol. The number of hydrogen-bond acceptors (Lipinski definition) is 5. The van der Waals surface area contributed by atoms with Crippen LogP contribution >= 0.6 is 11.6 Å². The van der Waals surface area contributed by atoms with Gasteiger partial charge < -0.3 is 4.90 Å². The molecule has 1 aliphatic carbocycles. The monoisotopic (exact) mass is 586 g/mol. The first-order valence-electron chi connectivity index (χ1n) is 15.3. The molecule has 42 heavy (non-hydrogen) atoms. The maximum atomic E-state index is 13.1. The van der Waals surface area contributed by atoms with Crippen molar-refractivity contribution in [2.45, 2.75) is 83.6 Å². The van der Waals surface area contributed by atoms with E-state index in [0.29, 0.717) is 36.0 Å². The number of fused-ring (bicyclic) bond motifs is 3. The maximum Gasteiger partial charge on any atom is 0.255 e. The number of hydrogen-bond donors (Lipinski definition) is 1. The molecule has 0 saturated carbocycles. The van der Waals surface area contributed by atoms with Crippen molar-refractivity contribution in [2.24, 2.45) is 5.41 Å². The summed E-state index contributed by atoms with van der Waals surface area (Å²) < 4.78 is 0. The summed E-state index contributed by atoms with van der Waals surface area (Å²) in [5.41, 5.74) is 7.63. The summed E-state index contributed by atoms with van der Waals surface area (Å²) in [5, 5.41) is 3.17. The van der Waals surface area contributed by atoms with E-state index >= 15 is 0 Å². The van der Waals surface area contributed by atoms with Crippen molar-refractivity contribution in [1.82, 2.24) is 20.0 Å². The van der Waals surface area contributed by atoms with Crippen molar-refractivity contribution < 1.29 is 14.4 Å². The van der Waals surface area contributed by atoms with E-state index < -0.39 is 6.04 Å². The third-order valence-corrected chi connectivity index (χ3v) is 10.5. The van der Waals surface area contributed by atoms with Crippen molar-refractivity contribution in [3.8, 4) is 0 Å². The highest BCUT2D eigenvalue weighted by Gasteiger charge is 2.44. The minimum absolute atomic E-state index is 0.111. The number of allylic oxidation sites excluding steroid dienone is 1. The van der Waals surface area contributed by atoms with Crippen molar-refractivity contribution >= 4 is 34.9 Å². The Morgan fingerprint density at radius 1 is 0.952 bits per heavy atom. The maximum absolute atomic E-state index is 13.1. The van der Waals surface area contributed by atoms with Gasteiger partial charge in [0.25, 0.3) is 5.91 Å². The van der Waals surface area contributed by atoms with Crippen LogP contribution in [0, 0.1) is 5.41 Å². The van der Waals surface area contributed by atoms with Crippen molar-refractivity contribution in [1.29, 1.82) is 0 Å². The molecule has 0 spiro atoms. The van der Waals surface area contributed by atoms with Gasteiger partial charge in [-0.2, -0.15) is 0 Å². The zero-order valence-electron chi connectivity index (χ0n) is 24.5. The third-order valence-electron chi connectivity index (χ3n) is 10.2. The van der Waals surface area contributed by atoms with Gasteiger partial charge in [-0.3, -0.25) is 29.5 Å². The Bertz CT molecular complexity index is 1480. The van der Waals surface area contributed by atoms with Crippen LogP contribution in [0.1, 0.15) is 79.4 Å². The van der Waals surface area contributed by atoms with Gasteiger partial charge in [0.15, 0.2) is 0 Å². The molecule has 4 aliphatic heterocycles. The average molecular weight is 587 g/mol. The number of piperidine rings is 1. The van der Waals surface area contributed by atoms with Gasteiger partial charge in [0.05, 0.1) is 0 Å². The molecule has 7 rings (SSSR count). The lowest BCUT2D eigenvalue weighted by molar-refractivity contribution is -0.136. The predicted octanol–water partition coefficient (Wildman–Crippen LogP) is 5.02. The highest BCUT2D eigenvalue weighted by Crippen LogP contribution is 2.44. The number of amides is 3. The van der Waals surface area contributed by atoms with Crippen LogP contribution in [0.3, 0.4) is 0 Å². The van der Waals surface area contributed by atoms with Gasteiger partial charge in [-0.15, -0.1) is 0 Å². The summed E-state index contributed by atoms with van der Waals surface area (Å²) in [6, 6.07) is 15.1. The Hall–Kier alpha value is -3.00. The second-order valence-corrected chi connectivity index (χ2v) is 14.2. The summed E-state index contributed by atoms with van der Waals surface area (Å²) in [5.74, 6) is -0.735. The van der Waals surface area contributed by atoms with Gasteiger partial charge in [-0.25, -0.2) is 0 Å². The fourth-order valence-electron chi connectivity index (χ4n) is 7.89. The van der Waals surface area contributed by atoms with Crippen LogP contribution in [-0.4, -0.2) is 70.2 Å². The number of nitrogens with one attached hydrogen (secondary N) is 1. The number of carbonyl (C=O) groups excluding carboxylic acids is 3. The second kappa shape index (κ2) is 10.6. The third kappa shape index (κ3) is 5.20. The molecule has 1 unspecified atom stereocenters. The molecule has 4 heterocycles. The topological polar surface area (TPSA) is 73.0 Å². The minimum Gasteiger partial charge on any atom is -0.322 e. The van der Waals surface area contributed by atoms with Gasteiger partial charge in [0.2, 0.25) is 11.8 Å². The Morgan fingerprint density at radius 2 is 1.69 bits per heavy atom.